The summed E-state index contributed by atoms with van der Waals surface area (Å²) in [6, 6.07) is 3.36. The highest BCUT2D eigenvalue weighted by atomic mass is 16.5. The first kappa shape index (κ1) is 13.6. The van der Waals surface area contributed by atoms with Crippen LogP contribution in [0.15, 0.2) is 12.1 Å². The van der Waals surface area contributed by atoms with Crippen LogP contribution in [0.4, 0.5) is 0 Å². The van der Waals surface area contributed by atoms with Crippen molar-refractivity contribution < 1.29 is 14.6 Å². The van der Waals surface area contributed by atoms with Gasteiger partial charge in [0.15, 0.2) is 6.29 Å². The van der Waals surface area contributed by atoms with Gasteiger partial charge in [0.05, 0.1) is 11.7 Å². The number of hydrogen-bond donors (Lipinski definition) is 1. The Kier molecular flexibility index (Phi) is 3.81. The van der Waals surface area contributed by atoms with Crippen LogP contribution in [0.25, 0.3) is 0 Å². The molecule has 1 rings (SSSR count). The van der Waals surface area contributed by atoms with Crippen molar-refractivity contribution in [1.82, 2.24) is 0 Å². The minimum Gasteiger partial charge on any atom is -0.507 e. The van der Waals surface area contributed by atoms with Crippen LogP contribution in [0.3, 0.4) is 0 Å². The Morgan fingerprint density at radius 2 is 1.88 bits per heavy atom. The Morgan fingerprint density at radius 3 is 2.29 bits per heavy atom. The standard InChI is InChI=1S/C14H20O3/c1-9(2)17-11-6-10(8-15)13(16)12(7-11)14(3,4)5/h6-9,16H,1-5H3. The third kappa shape index (κ3) is 3.22. The highest BCUT2D eigenvalue weighted by Crippen LogP contribution is 2.36. The molecule has 0 aliphatic carbocycles. The van der Waals surface area contributed by atoms with Crippen molar-refractivity contribution in [3.8, 4) is 11.5 Å². The van der Waals surface area contributed by atoms with Crippen LogP contribution >= 0.6 is 0 Å². The highest BCUT2D eigenvalue weighted by molar-refractivity contribution is 5.81. The second-order valence-electron chi connectivity index (χ2n) is 5.44. The predicted molar refractivity (Wildman–Crippen MR) is 68.0 cm³/mol. The van der Waals surface area contributed by atoms with E-state index in [0.29, 0.717) is 12.0 Å². The van der Waals surface area contributed by atoms with Crippen LogP contribution in [-0.2, 0) is 5.41 Å². The second-order valence-corrected chi connectivity index (χ2v) is 5.44. The lowest BCUT2D eigenvalue weighted by molar-refractivity contribution is 0.112. The molecule has 0 amide bonds. The first-order chi connectivity index (χ1) is 7.75. The van der Waals surface area contributed by atoms with Crippen molar-refractivity contribution in [2.45, 2.75) is 46.1 Å². The molecule has 0 radical (unpaired) electrons. The van der Waals surface area contributed by atoms with Gasteiger partial charge in [0.25, 0.3) is 0 Å². The molecule has 0 bridgehead atoms. The molecule has 1 aromatic rings. The van der Waals surface area contributed by atoms with Gasteiger partial charge in [0, 0.05) is 5.56 Å². The predicted octanol–water partition coefficient (Wildman–Crippen LogP) is 3.29. The summed E-state index contributed by atoms with van der Waals surface area (Å²) in [5.74, 6) is 0.661. The lowest BCUT2D eigenvalue weighted by Crippen LogP contribution is -2.14. The first-order valence-electron chi connectivity index (χ1n) is 5.75. The molecular formula is C14H20O3. The SMILES string of the molecule is CC(C)Oc1cc(C=O)c(O)c(C(C)(C)C)c1. The van der Waals surface area contributed by atoms with Gasteiger partial charge in [-0.1, -0.05) is 20.8 Å². The molecule has 17 heavy (non-hydrogen) atoms. The number of ether oxygens (including phenoxy) is 1. The van der Waals surface area contributed by atoms with E-state index in [1.807, 2.05) is 34.6 Å². The molecule has 0 spiro atoms. The van der Waals surface area contributed by atoms with Crippen molar-refractivity contribution >= 4 is 6.29 Å². The zero-order chi connectivity index (χ0) is 13.2. The number of aromatic hydroxyl groups is 1. The van der Waals surface area contributed by atoms with E-state index in [4.69, 9.17) is 4.74 Å². The Morgan fingerprint density at radius 1 is 1.29 bits per heavy atom. The number of phenolic OH excluding ortho intramolecular Hbond substituents is 1. The van der Waals surface area contributed by atoms with Crippen molar-refractivity contribution in [3.63, 3.8) is 0 Å². The molecular weight excluding hydrogens is 216 g/mol. The molecule has 94 valence electrons. The smallest absolute Gasteiger partial charge is 0.153 e. The summed E-state index contributed by atoms with van der Waals surface area (Å²) in [5, 5.41) is 10.00. The number of carbonyl (C=O) groups excluding carboxylic acids is 1. The molecule has 3 heteroatoms. The Labute approximate surface area is 102 Å². The second kappa shape index (κ2) is 4.78. The monoisotopic (exact) mass is 236 g/mol. The molecule has 3 nitrogen and oxygen atoms in total. The topological polar surface area (TPSA) is 46.5 Å². The largest absolute Gasteiger partial charge is 0.507 e. The van der Waals surface area contributed by atoms with Gasteiger partial charge < -0.3 is 9.84 Å². The van der Waals surface area contributed by atoms with Gasteiger partial charge in [0.1, 0.15) is 11.5 Å². The molecule has 0 fully saturated rings. The van der Waals surface area contributed by atoms with Crippen molar-refractivity contribution in [2.75, 3.05) is 0 Å². The lowest BCUT2D eigenvalue weighted by Gasteiger charge is -2.22. The maximum atomic E-state index is 10.9. The van der Waals surface area contributed by atoms with Gasteiger partial charge in [-0.3, -0.25) is 4.79 Å². The molecule has 0 unspecified atom stereocenters. The molecule has 0 aliphatic rings. The normalized spacial score (nSPS) is 11.6. The van der Waals surface area contributed by atoms with Gasteiger partial charge >= 0.3 is 0 Å². The third-order valence-electron chi connectivity index (χ3n) is 2.42. The average molecular weight is 236 g/mol. The van der Waals surface area contributed by atoms with Crippen LogP contribution in [0.2, 0.25) is 0 Å². The molecule has 0 saturated heterocycles. The Hall–Kier alpha value is -1.51. The minimum absolute atomic E-state index is 0.0341. The zero-order valence-corrected chi connectivity index (χ0v) is 11.1. The van der Waals surface area contributed by atoms with Crippen LogP contribution < -0.4 is 4.74 Å². The summed E-state index contributed by atoms with van der Waals surface area (Å²) in [6.45, 7) is 9.79. The summed E-state index contributed by atoms with van der Waals surface area (Å²) in [5.41, 5.74) is 0.754. The first-order valence-corrected chi connectivity index (χ1v) is 5.75. The summed E-state index contributed by atoms with van der Waals surface area (Å²) in [6.07, 6.45) is 0.685. The van der Waals surface area contributed by atoms with E-state index in [1.54, 1.807) is 12.1 Å². The molecule has 0 aliphatic heterocycles. The number of rotatable bonds is 3. The van der Waals surface area contributed by atoms with Gasteiger partial charge in [-0.05, 0) is 31.4 Å². The molecule has 0 aromatic heterocycles. The average Bonchev–Trinajstić information content (AvgIpc) is 2.17. The fraction of sp³-hybridized carbons (Fsp3) is 0.500. The zero-order valence-electron chi connectivity index (χ0n) is 11.1. The van der Waals surface area contributed by atoms with Gasteiger partial charge in [-0.25, -0.2) is 0 Å². The van der Waals surface area contributed by atoms with Gasteiger partial charge in [-0.2, -0.15) is 0 Å². The number of carbonyl (C=O) groups is 1. The summed E-state index contributed by atoms with van der Waals surface area (Å²) in [4.78, 5) is 10.9. The van der Waals surface area contributed by atoms with Crippen molar-refractivity contribution in [1.29, 1.82) is 0 Å². The van der Waals surface area contributed by atoms with E-state index in [-0.39, 0.29) is 22.8 Å². The molecule has 1 aromatic carbocycles. The van der Waals surface area contributed by atoms with E-state index >= 15 is 0 Å². The van der Waals surface area contributed by atoms with Gasteiger partial charge in [-0.15, -0.1) is 0 Å². The number of aldehydes is 1. The van der Waals surface area contributed by atoms with E-state index in [9.17, 15) is 9.90 Å². The van der Waals surface area contributed by atoms with Crippen LogP contribution in [-0.4, -0.2) is 17.5 Å². The van der Waals surface area contributed by atoms with Crippen LogP contribution in [0.5, 0.6) is 11.5 Å². The van der Waals surface area contributed by atoms with Crippen molar-refractivity contribution in [3.05, 3.63) is 23.3 Å². The fourth-order valence-electron chi connectivity index (χ4n) is 1.63. The summed E-state index contributed by atoms with van der Waals surface area (Å²) >= 11 is 0. The quantitative estimate of drug-likeness (QED) is 0.819. The number of benzene rings is 1. The minimum atomic E-state index is -0.238. The maximum Gasteiger partial charge on any atom is 0.153 e. The fourth-order valence-corrected chi connectivity index (χ4v) is 1.63. The Balaban J connectivity index is 3.33. The third-order valence-corrected chi connectivity index (χ3v) is 2.42. The van der Waals surface area contributed by atoms with E-state index in [2.05, 4.69) is 0 Å². The summed E-state index contributed by atoms with van der Waals surface area (Å²) < 4.78 is 5.58. The van der Waals surface area contributed by atoms with Crippen LogP contribution in [0, 0.1) is 0 Å². The molecule has 0 saturated carbocycles. The molecule has 1 N–H and O–H groups in total. The molecule has 0 atom stereocenters. The van der Waals surface area contributed by atoms with E-state index in [0.717, 1.165) is 5.56 Å². The van der Waals surface area contributed by atoms with Crippen molar-refractivity contribution in [2.24, 2.45) is 0 Å². The number of phenols is 1. The van der Waals surface area contributed by atoms with Crippen LogP contribution in [0.1, 0.15) is 50.5 Å². The summed E-state index contributed by atoms with van der Waals surface area (Å²) in [7, 11) is 0. The Bertz CT molecular complexity index is 414. The lowest BCUT2D eigenvalue weighted by atomic mass is 9.85. The van der Waals surface area contributed by atoms with E-state index in [1.165, 1.54) is 0 Å². The maximum absolute atomic E-state index is 10.9. The highest BCUT2D eigenvalue weighted by Gasteiger charge is 2.21. The van der Waals surface area contributed by atoms with Gasteiger partial charge in [0.2, 0.25) is 0 Å². The molecule has 0 heterocycles. The van der Waals surface area contributed by atoms with E-state index < -0.39 is 0 Å². The number of hydrogen-bond acceptors (Lipinski definition) is 3.